The molecule has 2 N–H and O–H groups in total. The molecule has 0 aliphatic carbocycles. The van der Waals surface area contributed by atoms with E-state index < -0.39 is 5.97 Å². The van der Waals surface area contributed by atoms with Gasteiger partial charge in [-0.15, -0.1) is 0 Å². The van der Waals surface area contributed by atoms with Crippen LogP contribution in [0.4, 0.5) is 5.69 Å². The SMILES string of the molecule is CCCCCOc1ncc(N)cc1C(=O)OC. The Balaban J connectivity index is 2.72. The van der Waals surface area contributed by atoms with Crippen molar-refractivity contribution in [3.05, 3.63) is 17.8 Å². The smallest absolute Gasteiger partial charge is 0.343 e. The van der Waals surface area contributed by atoms with E-state index >= 15 is 0 Å². The molecule has 0 saturated heterocycles. The molecule has 1 rings (SSSR count). The van der Waals surface area contributed by atoms with Crippen LogP contribution >= 0.6 is 0 Å². The minimum atomic E-state index is -0.490. The average molecular weight is 238 g/mol. The first kappa shape index (κ1) is 13.3. The highest BCUT2D eigenvalue weighted by Crippen LogP contribution is 2.19. The highest BCUT2D eigenvalue weighted by atomic mass is 16.5. The van der Waals surface area contributed by atoms with Gasteiger partial charge in [0.15, 0.2) is 0 Å². The number of anilines is 1. The Morgan fingerprint density at radius 3 is 2.88 bits per heavy atom. The third-order valence-electron chi connectivity index (χ3n) is 2.26. The van der Waals surface area contributed by atoms with Gasteiger partial charge in [-0.25, -0.2) is 9.78 Å². The maximum atomic E-state index is 11.5. The Bertz CT molecular complexity index is 380. The zero-order chi connectivity index (χ0) is 12.7. The number of esters is 1. The Morgan fingerprint density at radius 1 is 1.47 bits per heavy atom. The molecule has 0 amide bonds. The van der Waals surface area contributed by atoms with E-state index in [0.717, 1.165) is 19.3 Å². The van der Waals surface area contributed by atoms with Gasteiger partial charge in [-0.1, -0.05) is 19.8 Å². The van der Waals surface area contributed by atoms with Gasteiger partial charge in [0, 0.05) is 0 Å². The number of carbonyl (C=O) groups is 1. The van der Waals surface area contributed by atoms with Crippen LogP contribution in [-0.2, 0) is 4.74 Å². The third-order valence-corrected chi connectivity index (χ3v) is 2.26. The molecule has 5 heteroatoms. The van der Waals surface area contributed by atoms with Crippen LogP contribution in [0.2, 0.25) is 0 Å². The van der Waals surface area contributed by atoms with E-state index in [4.69, 9.17) is 10.5 Å². The summed E-state index contributed by atoms with van der Waals surface area (Å²) in [5.74, 6) is -0.211. The number of nitrogens with two attached hydrogens (primary N) is 1. The van der Waals surface area contributed by atoms with Crippen LogP contribution in [0.1, 0.15) is 36.5 Å². The van der Waals surface area contributed by atoms with E-state index in [9.17, 15) is 4.79 Å². The maximum absolute atomic E-state index is 11.5. The molecule has 0 spiro atoms. The summed E-state index contributed by atoms with van der Waals surface area (Å²) >= 11 is 0. The minimum Gasteiger partial charge on any atom is -0.477 e. The summed E-state index contributed by atoms with van der Waals surface area (Å²) in [6, 6.07) is 1.51. The van der Waals surface area contributed by atoms with Crippen LogP contribution in [0.3, 0.4) is 0 Å². The molecule has 0 fully saturated rings. The second-order valence-corrected chi connectivity index (χ2v) is 3.67. The third kappa shape index (κ3) is 3.94. The van der Waals surface area contributed by atoms with Crippen molar-refractivity contribution in [3.8, 4) is 5.88 Å². The predicted molar refractivity (Wildman–Crippen MR) is 65.0 cm³/mol. The Morgan fingerprint density at radius 2 is 2.24 bits per heavy atom. The van der Waals surface area contributed by atoms with Crippen molar-refractivity contribution in [2.24, 2.45) is 0 Å². The average Bonchev–Trinajstić information content (AvgIpc) is 2.35. The second-order valence-electron chi connectivity index (χ2n) is 3.67. The van der Waals surface area contributed by atoms with Crippen LogP contribution in [0.25, 0.3) is 0 Å². The van der Waals surface area contributed by atoms with Gasteiger partial charge in [0.2, 0.25) is 5.88 Å². The highest BCUT2D eigenvalue weighted by molar-refractivity contribution is 5.92. The summed E-state index contributed by atoms with van der Waals surface area (Å²) in [4.78, 5) is 15.5. The number of unbranched alkanes of at least 4 members (excludes halogenated alkanes) is 2. The fraction of sp³-hybridized carbons (Fsp3) is 0.500. The first-order valence-electron chi connectivity index (χ1n) is 5.65. The zero-order valence-electron chi connectivity index (χ0n) is 10.2. The summed E-state index contributed by atoms with van der Waals surface area (Å²) in [7, 11) is 1.31. The van der Waals surface area contributed by atoms with Gasteiger partial charge < -0.3 is 15.2 Å². The molecule has 0 saturated carbocycles. The molecule has 1 heterocycles. The number of aromatic nitrogens is 1. The molecule has 5 nitrogen and oxygen atoms in total. The summed E-state index contributed by atoms with van der Waals surface area (Å²) in [6.45, 7) is 2.65. The lowest BCUT2D eigenvalue weighted by molar-refractivity contribution is 0.0595. The van der Waals surface area contributed by atoms with Crippen LogP contribution in [-0.4, -0.2) is 24.7 Å². The number of hydrogen-bond acceptors (Lipinski definition) is 5. The number of hydrogen-bond donors (Lipinski definition) is 1. The molecule has 0 aliphatic rings. The molecule has 0 aromatic carbocycles. The van der Waals surface area contributed by atoms with Crippen LogP contribution in [0.15, 0.2) is 12.3 Å². The van der Waals surface area contributed by atoms with E-state index in [0.29, 0.717) is 12.3 Å². The molecular formula is C12H18N2O3. The normalized spacial score (nSPS) is 10.0. The number of pyridine rings is 1. The van der Waals surface area contributed by atoms with Gasteiger partial charge in [-0.2, -0.15) is 0 Å². The lowest BCUT2D eigenvalue weighted by atomic mass is 10.2. The van der Waals surface area contributed by atoms with Gasteiger partial charge in [0.1, 0.15) is 5.56 Å². The minimum absolute atomic E-state index is 0.268. The molecule has 0 unspecified atom stereocenters. The summed E-state index contributed by atoms with van der Waals surface area (Å²) < 4.78 is 10.1. The fourth-order valence-corrected chi connectivity index (χ4v) is 1.36. The quantitative estimate of drug-likeness (QED) is 0.606. The number of nitrogen functional groups attached to an aromatic ring is 1. The molecule has 0 atom stereocenters. The molecular weight excluding hydrogens is 220 g/mol. The summed E-state index contributed by atoms with van der Waals surface area (Å²) in [6.07, 6.45) is 4.59. The molecule has 1 aromatic heterocycles. The zero-order valence-corrected chi connectivity index (χ0v) is 10.2. The van der Waals surface area contributed by atoms with Crippen molar-refractivity contribution >= 4 is 11.7 Å². The number of rotatable bonds is 6. The Hall–Kier alpha value is -1.78. The van der Waals surface area contributed by atoms with Gasteiger partial charge in [0.05, 0.1) is 25.6 Å². The molecule has 17 heavy (non-hydrogen) atoms. The Labute approximate surface area is 101 Å². The maximum Gasteiger partial charge on any atom is 0.343 e. The highest BCUT2D eigenvalue weighted by Gasteiger charge is 2.14. The molecule has 0 aliphatic heterocycles. The van der Waals surface area contributed by atoms with Gasteiger partial charge in [0.25, 0.3) is 0 Å². The molecule has 0 radical (unpaired) electrons. The topological polar surface area (TPSA) is 74.4 Å². The van der Waals surface area contributed by atoms with Crippen molar-refractivity contribution in [2.75, 3.05) is 19.5 Å². The van der Waals surface area contributed by atoms with Crippen LogP contribution < -0.4 is 10.5 Å². The standard InChI is InChI=1S/C12H18N2O3/c1-3-4-5-6-17-11-10(12(15)16-2)7-9(13)8-14-11/h7-8H,3-6,13H2,1-2H3. The van der Waals surface area contributed by atoms with Gasteiger partial charge >= 0.3 is 5.97 Å². The number of ether oxygens (including phenoxy) is 2. The number of nitrogens with zero attached hydrogens (tertiary/aromatic N) is 1. The van der Waals surface area contributed by atoms with Gasteiger partial charge in [-0.3, -0.25) is 0 Å². The van der Waals surface area contributed by atoms with Crippen molar-refractivity contribution in [2.45, 2.75) is 26.2 Å². The molecule has 0 bridgehead atoms. The van der Waals surface area contributed by atoms with E-state index in [-0.39, 0.29) is 11.4 Å². The molecule has 1 aromatic rings. The molecule has 94 valence electrons. The van der Waals surface area contributed by atoms with E-state index in [1.54, 1.807) is 0 Å². The van der Waals surface area contributed by atoms with E-state index in [2.05, 4.69) is 16.6 Å². The lowest BCUT2D eigenvalue weighted by Gasteiger charge is -2.09. The fourth-order valence-electron chi connectivity index (χ4n) is 1.36. The second kappa shape index (κ2) is 6.73. The van der Waals surface area contributed by atoms with Crippen LogP contribution in [0, 0.1) is 0 Å². The largest absolute Gasteiger partial charge is 0.477 e. The van der Waals surface area contributed by atoms with Crippen molar-refractivity contribution in [3.63, 3.8) is 0 Å². The van der Waals surface area contributed by atoms with Crippen molar-refractivity contribution in [1.82, 2.24) is 4.98 Å². The van der Waals surface area contributed by atoms with Crippen LogP contribution in [0.5, 0.6) is 5.88 Å². The monoisotopic (exact) mass is 238 g/mol. The van der Waals surface area contributed by atoms with E-state index in [1.165, 1.54) is 19.4 Å². The summed E-state index contributed by atoms with van der Waals surface area (Å²) in [5.41, 5.74) is 6.25. The Kier molecular flexibility index (Phi) is 5.26. The number of carbonyl (C=O) groups excluding carboxylic acids is 1. The first-order valence-corrected chi connectivity index (χ1v) is 5.65. The van der Waals surface area contributed by atoms with Crippen molar-refractivity contribution < 1.29 is 14.3 Å². The summed E-state index contributed by atoms with van der Waals surface area (Å²) in [5, 5.41) is 0. The first-order chi connectivity index (χ1) is 8.19. The predicted octanol–water partition coefficient (Wildman–Crippen LogP) is 2.02. The number of methoxy groups -OCH3 is 1. The van der Waals surface area contributed by atoms with Gasteiger partial charge in [-0.05, 0) is 12.5 Å². The van der Waals surface area contributed by atoms with Crippen molar-refractivity contribution in [1.29, 1.82) is 0 Å². The lowest BCUT2D eigenvalue weighted by Crippen LogP contribution is -2.09. The van der Waals surface area contributed by atoms with E-state index in [1.807, 2.05) is 0 Å².